The molecule has 1 fully saturated rings. The molecule has 0 N–H and O–H groups in total. The molecule has 1 aliphatic heterocycles. The molecule has 1 aromatic heterocycles. The van der Waals surface area contributed by atoms with Gasteiger partial charge in [0.25, 0.3) is 0 Å². The largest absolute Gasteiger partial charge is 0.462 e. The Kier molecular flexibility index (Phi) is 4.66. The second-order valence-corrected chi connectivity index (χ2v) is 5.46. The van der Waals surface area contributed by atoms with Gasteiger partial charge in [0.2, 0.25) is 0 Å². The van der Waals surface area contributed by atoms with E-state index in [1.807, 2.05) is 25.7 Å². The second-order valence-electron chi connectivity index (χ2n) is 4.24. The van der Waals surface area contributed by atoms with Crippen LogP contribution in [0.4, 0.5) is 0 Å². The van der Waals surface area contributed by atoms with Gasteiger partial charge in [0.1, 0.15) is 5.56 Å². The zero-order valence-electron chi connectivity index (χ0n) is 10.9. The summed E-state index contributed by atoms with van der Waals surface area (Å²) in [6, 6.07) is 0. The smallest absolute Gasteiger partial charge is 0.341 e. The molecule has 0 radical (unpaired) electrons. The highest BCUT2D eigenvalue weighted by Crippen LogP contribution is 2.16. The fourth-order valence-corrected chi connectivity index (χ4v) is 2.98. The van der Waals surface area contributed by atoms with E-state index >= 15 is 0 Å². The summed E-state index contributed by atoms with van der Waals surface area (Å²) in [6.45, 7) is 5.12. The molecule has 0 amide bonds. The van der Waals surface area contributed by atoms with Gasteiger partial charge in [-0.05, 0) is 6.92 Å². The molecule has 2 rings (SSSR count). The van der Waals surface area contributed by atoms with E-state index in [0.717, 1.165) is 36.8 Å². The van der Waals surface area contributed by atoms with E-state index in [2.05, 4.69) is 10.00 Å². The SMILES string of the molecule is CCOC(=O)c1cnn(C)c1CN1CCSCC1. The Balaban J connectivity index is 2.10. The number of thioether (sulfide) groups is 1. The lowest BCUT2D eigenvalue weighted by Gasteiger charge is -2.26. The lowest BCUT2D eigenvalue weighted by atomic mass is 10.2. The van der Waals surface area contributed by atoms with Crippen molar-refractivity contribution < 1.29 is 9.53 Å². The summed E-state index contributed by atoms with van der Waals surface area (Å²) in [4.78, 5) is 14.2. The van der Waals surface area contributed by atoms with Crippen molar-refractivity contribution in [2.75, 3.05) is 31.2 Å². The van der Waals surface area contributed by atoms with Gasteiger partial charge in [-0.25, -0.2) is 4.79 Å². The molecule has 1 saturated heterocycles. The molecule has 0 bridgehead atoms. The van der Waals surface area contributed by atoms with Gasteiger partial charge in [0.05, 0.1) is 18.5 Å². The van der Waals surface area contributed by atoms with Crippen molar-refractivity contribution in [3.8, 4) is 0 Å². The zero-order chi connectivity index (χ0) is 13.0. The third-order valence-electron chi connectivity index (χ3n) is 3.03. The lowest BCUT2D eigenvalue weighted by molar-refractivity contribution is 0.0523. The van der Waals surface area contributed by atoms with Crippen LogP contribution in [0, 0.1) is 0 Å². The number of hydrogen-bond acceptors (Lipinski definition) is 5. The number of ether oxygens (including phenoxy) is 1. The van der Waals surface area contributed by atoms with Crippen LogP contribution >= 0.6 is 11.8 Å². The van der Waals surface area contributed by atoms with Crippen molar-refractivity contribution in [1.82, 2.24) is 14.7 Å². The number of carbonyl (C=O) groups is 1. The zero-order valence-corrected chi connectivity index (χ0v) is 11.7. The minimum absolute atomic E-state index is 0.271. The molecule has 0 aromatic carbocycles. The summed E-state index contributed by atoms with van der Waals surface area (Å²) in [5.74, 6) is 2.05. The number of esters is 1. The molecular weight excluding hydrogens is 250 g/mol. The van der Waals surface area contributed by atoms with Gasteiger partial charge < -0.3 is 4.74 Å². The number of carbonyl (C=O) groups excluding carboxylic acids is 1. The van der Waals surface area contributed by atoms with E-state index in [1.54, 1.807) is 10.9 Å². The Morgan fingerprint density at radius 2 is 2.22 bits per heavy atom. The summed E-state index contributed by atoms with van der Waals surface area (Å²) in [6.07, 6.45) is 1.60. The molecule has 18 heavy (non-hydrogen) atoms. The molecule has 2 heterocycles. The van der Waals surface area contributed by atoms with Crippen LogP contribution in [-0.2, 0) is 18.3 Å². The number of aryl methyl sites for hydroxylation is 1. The van der Waals surface area contributed by atoms with Crippen molar-refractivity contribution in [2.45, 2.75) is 13.5 Å². The normalized spacial score (nSPS) is 16.8. The van der Waals surface area contributed by atoms with Gasteiger partial charge in [-0.2, -0.15) is 16.9 Å². The number of aromatic nitrogens is 2. The maximum atomic E-state index is 11.8. The van der Waals surface area contributed by atoms with Crippen molar-refractivity contribution >= 4 is 17.7 Å². The Morgan fingerprint density at radius 3 is 2.89 bits per heavy atom. The van der Waals surface area contributed by atoms with E-state index in [1.165, 1.54) is 0 Å². The maximum absolute atomic E-state index is 11.8. The highest BCUT2D eigenvalue weighted by Gasteiger charge is 2.20. The summed E-state index contributed by atoms with van der Waals surface area (Å²) in [5, 5.41) is 4.17. The predicted octanol–water partition coefficient (Wildman–Crippen LogP) is 1.15. The van der Waals surface area contributed by atoms with Crippen LogP contribution in [0.3, 0.4) is 0 Å². The average molecular weight is 269 g/mol. The molecule has 5 nitrogen and oxygen atoms in total. The molecule has 1 aromatic rings. The van der Waals surface area contributed by atoms with Crippen LogP contribution < -0.4 is 0 Å². The Bertz CT molecular complexity index is 413. The molecule has 1 aliphatic rings. The molecule has 0 spiro atoms. The van der Waals surface area contributed by atoms with E-state index < -0.39 is 0 Å². The Hall–Kier alpha value is -1.01. The van der Waals surface area contributed by atoms with Crippen LogP contribution in [0.5, 0.6) is 0 Å². The minimum atomic E-state index is -0.271. The van der Waals surface area contributed by atoms with Crippen LogP contribution in [0.1, 0.15) is 23.0 Å². The van der Waals surface area contributed by atoms with Crippen molar-refractivity contribution in [1.29, 1.82) is 0 Å². The second kappa shape index (κ2) is 6.24. The Morgan fingerprint density at radius 1 is 1.50 bits per heavy atom. The lowest BCUT2D eigenvalue weighted by Crippen LogP contribution is -2.33. The highest BCUT2D eigenvalue weighted by molar-refractivity contribution is 7.99. The summed E-state index contributed by atoms with van der Waals surface area (Å²) < 4.78 is 6.83. The van der Waals surface area contributed by atoms with Crippen LogP contribution in [0.15, 0.2) is 6.20 Å². The van der Waals surface area contributed by atoms with Gasteiger partial charge in [0, 0.05) is 38.2 Å². The van der Waals surface area contributed by atoms with Gasteiger partial charge in [-0.15, -0.1) is 0 Å². The summed E-state index contributed by atoms with van der Waals surface area (Å²) >= 11 is 1.98. The van der Waals surface area contributed by atoms with Crippen LogP contribution in [0.25, 0.3) is 0 Å². The molecule has 0 unspecified atom stereocenters. The highest BCUT2D eigenvalue weighted by atomic mass is 32.2. The van der Waals surface area contributed by atoms with Gasteiger partial charge in [0.15, 0.2) is 0 Å². The van der Waals surface area contributed by atoms with E-state index in [-0.39, 0.29) is 5.97 Å². The first-order chi connectivity index (χ1) is 8.72. The quantitative estimate of drug-likeness (QED) is 0.767. The summed E-state index contributed by atoms with van der Waals surface area (Å²) in [5.41, 5.74) is 1.54. The fraction of sp³-hybridized carbons (Fsp3) is 0.667. The first kappa shape index (κ1) is 13.4. The molecule has 0 saturated carbocycles. The first-order valence-corrected chi connectivity index (χ1v) is 7.36. The van der Waals surface area contributed by atoms with Crippen LogP contribution in [0.2, 0.25) is 0 Å². The van der Waals surface area contributed by atoms with E-state index in [9.17, 15) is 4.79 Å². The van der Waals surface area contributed by atoms with Crippen LogP contribution in [-0.4, -0.2) is 51.9 Å². The van der Waals surface area contributed by atoms with Crippen molar-refractivity contribution in [3.05, 3.63) is 17.5 Å². The molecule has 0 aliphatic carbocycles. The molecule has 0 atom stereocenters. The molecule has 6 heteroatoms. The number of nitrogens with zero attached hydrogens (tertiary/aromatic N) is 3. The van der Waals surface area contributed by atoms with Crippen molar-refractivity contribution in [2.24, 2.45) is 7.05 Å². The third kappa shape index (κ3) is 3.05. The maximum Gasteiger partial charge on any atom is 0.341 e. The Labute approximate surface area is 111 Å². The topological polar surface area (TPSA) is 47.4 Å². The van der Waals surface area contributed by atoms with Gasteiger partial charge >= 0.3 is 5.97 Å². The third-order valence-corrected chi connectivity index (χ3v) is 3.98. The average Bonchev–Trinajstić information content (AvgIpc) is 2.73. The number of rotatable bonds is 4. The summed E-state index contributed by atoms with van der Waals surface area (Å²) in [7, 11) is 1.87. The van der Waals surface area contributed by atoms with E-state index in [4.69, 9.17) is 4.74 Å². The molecular formula is C12H19N3O2S. The minimum Gasteiger partial charge on any atom is -0.462 e. The standard InChI is InChI=1S/C12H19N3O2S/c1-3-17-12(16)10-8-13-14(2)11(10)9-15-4-6-18-7-5-15/h8H,3-7,9H2,1-2H3. The van der Waals surface area contributed by atoms with Crippen molar-refractivity contribution in [3.63, 3.8) is 0 Å². The van der Waals surface area contributed by atoms with Gasteiger partial charge in [-0.1, -0.05) is 0 Å². The fourth-order valence-electron chi connectivity index (χ4n) is 2.00. The monoisotopic (exact) mass is 269 g/mol. The predicted molar refractivity (Wildman–Crippen MR) is 71.8 cm³/mol. The van der Waals surface area contributed by atoms with Gasteiger partial charge in [-0.3, -0.25) is 9.58 Å². The number of hydrogen-bond donors (Lipinski definition) is 0. The molecule has 100 valence electrons. The van der Waals surface area contributed by atoms with E-state index in [0.29, 0.717) is 12.2 Å². The first-order valence-electron chi connectivity index (χ1n) is 6.20.